The van der Waals surface area contributed by atoms with Gasteiger partial charge in [0.1, 0.15) is 0 Å². The topological polar surface area (TPSA) is 9.23 Å². The highest BCUT2D eigenvalue weighted by Gasteiger charge is 2.19. The molecule has 0 saturated heterocycles. The molecule has 0 fully saturated rings. The molecule has 21 heavy (non-hydrogen) atoms. The maximum absolute atomic E-state index is 6.00. The Balaban J connectivity index is 4.07. The Morgan fingerprint density at radius 3 is 1.86 bits per heavy atom. The summed E-state index contributed by atoms with van der Waals surface area (Å²) in [6.45, 7) is 17.2. The quantitative estimate of drug-likeness (QED) is 0.367. The van der Waals surface area contributed by atoms with E-state index in [-0.39, 0.29) is 0 Å². The van der Waals surface area contributed by atoms with Crippen LogP contribution in [0.2, 0.25) is 0 Å². The van der Waals surface area contributed by atoms with Gasteiger partial charge in [0.15, 0.2) is 0 Å². The van der Waals surface area contributed by atoms with E-state index < -0.39 is 0 Å². The molecular formula is C20H42O. The average Bonchev–Trinajstić information content (AvgIpc) is 2.47. The Hall–Kier alpha value is -0.0400. The highest BCUT2D eigenvalue weighted by molar-refractivity contribution is 4.70. The van der Waals surface area contributed by atoms with Crippen molar-refractivity contribution < 1.29 is 4.74 Å². The van der Waals surface area contributed by atoms with Crippen molar-refractivity contribution in [1.29, 1.82) is 0 Å². The first-order valence-corrected chi connectivity index (χ1v) is 9.61. The van der Waals surface area contributed by atoms with Gasteiger partial charge in [-0.25, -0.2) is 0 Å². The molecule has 0 N–H and O–H groups in total. The molecule has 4 atom stereocenters. The zero-order valence-corrected chi connectivity index (χ0v) is 16.0. The molecule has 0 amide bonds. The van der Waals surface area contributed by atoms with Crippen LogP contribution >= 0.6 is 0 Å². The Morgan fingerprint density at radius 2 is 1.38 bits per heavy atom. The van der Waals surface area contributed by atoms with Crippen LogP contribution in [-0.4, -0.2) is 12.7 Å². The lowest BCUT2D eigenvalue weighted by Gasteiger charge is -2.26. The monoisotopic (exact) mass is 298 g/mol. The minimum absolute atomic E-state index is 0.490. The van der Waals surface area contributed by atoms with Crippen LogP contribution in [0.3, 0.4) is 0 Å². The summed E-state index contributed by atoms with van der Waals surface area (Å²) in [5, 5.41) is 0. The molecule has 1 heteroatoms. The van der Waals surface area contributed by atoms with Crippen LogP contribution in [0, 0.1) is 23.7 Å². The summed E-state index contributed by atoms with van der Waals surface area (Å²) < 4.78 is 6.00. The smallest absolute Gasteiger partial charge is 0.0602 e. The van der Waals surface area contributed by atoms with E-state index in [1.807, 2.05) is 0 Å². The molecule has 0 aromatic heterocycles. The summed E-state index contributed by atoms with van der Waals surface area (Å²) in [6, 6.07) is 0. The molecule has 0 aromatic rings. The minimum Gasteiger partial charge on any atom is -0.378 e. The Kier molecular flexibility index (Phi) is 12.5. The standard InChI is InChI=1S/C20H42O/c1-8-17(6)18(7)15-16(5)13-12-14-20(21-11-4)19(9-2)10-3/h16-20H,8-15H2,1-7H3. The van der Waals surface area contributed by atoms with E-state index in [2.05, 4.69) is 48.5 Å². The highest BCUT2D eigenvalue weighted by atomic mass is 16.5. The third kappa shape index (κ3) is 8.86. The maximum atomic E-state index is 6.00. The minimum atomic E-state index is 0.490. The van der Waals surface area contributed by atoms with Gasteiger partial charge in [-0.2, -0.15) is 0 Å². The summed E-state index contributed by atoms with van der Waals surface area (Å²) in [6.07, 6.45) is 9.64. The fourth-order valence-corrected chi connectivity index (χ4v) is 3.54. The summed E-state index contributed by atoms with van der Waals surface area (Å²) in [4.78, 5) is 0. The summed E-state index contributed by atoms with van der Waals surface area (Å²) in [5.41, 5.74) is 0. The Morgan fingerprint density at radius 1 is 0.762 bits per heavy atom. The van der Waals surface area contributed by atoms with Gasteiger partial charge in [-0.05, 0) is 43.4 Å². The number of ether oxygens (including phenoxy) is 1. The molecule has 0 radical (unpaired) electrons. The number of hydrogen-bond donors (Lipinski definition) is 0. The van der Waals surface area contributed by atoms with E-state index in [0.717, 1.165) is 30.3 Å². The third-order valence-corrected chi connectivity index (χ3v) is 5.53. The van der Waals surface area contributed by atoms with Crippen LogP contribution in [-0.2, 0) is 4.74 Å². The second kappa shape index (κ2) is 12.5. The van der Waals surface area contributed by atoms with Gasteiger partial charge in [0.05, 0.1) is 6.10 Å². The van der Waals surface area contributed by atoms with Crippen molar-refractivity contribution in [2.75, 3.05) is 6.61 Å². The van der Waals surface area contributed by atoms with E-state index >= 15 is 0 Å². The van der Waals surface area contributed by atoms with Gasteiger partial charge in [-0.1, -0.05) is 73.6 Å². The Bertz CT molecular complexity index is 222. The SMILES string of the molecule is CCOC(CCCC(C)CC(C)C(C)CC)C(CC)CC. The van der Waals surface area contributed by atoms with Crippen LogP contribution in [0.1, 0.15) is 93.4 Å². The van der Waals surface area contributed by atoms with Crippen molar-refractivity contribution in [3.05, 3.63) is 0 Å². The highest BCUT2D eigenvalue weighted by Crippen LogP contribution is 2.27. The molecule has 1 nitrogen and oxygen atoms in total. The molecule has 4 unspecified atom stereocenters. The lowest BCUT2D eigenvalue weighted by molar-refractivity contribution is 0.00905. The zero-order valence-electron chi connectivity index (χ0n) is 16.0. The van der Waals surface area contributed by atoms with E-state index in [4.69, 9.17) is 4.74 Å². The lowest BCUT2D eigenvalue weighted by atomic mass is 9.84. The molecule has 0 rings (SSSR count). The molecule has 0 aliphatic rings. The molecule has 0 saturated carbocycles. The predicted molar refractivity (Wildman–Crippen MR) is 95.7 cm³/mol. The normalized spacial score (nSPS) is 17.7. The number of rotatable bonds is 13. The van der Waals surface area contributed by atoms with E-state index in [1.165, 1.54) is 44.9 Å². The summed E-state index contributed by atoms with van der Waals surface area (Å²) >= 11 is 0. The molecule has 0 heterocycles. The first-order valence-electron chi connectivity index (χ1n) is 9.61. The van der Waals surface area contributed by atoms with Crippen LogP contribution in [0.5, 0.6) is 0 Å². The van der Waals surface area contributed by atoms with Crippen molar-refractivity contribution in [3.8, 4) is 0 Å². The van der Waals surface area contributed by atoms with Crippen molar-refractivity contribution >= 4 is 0 Å². The van der Waals surface area contributed by atoms with Crippen LogP contribution in [0.15, 0.2) is 0 Å². The van der Waals surface area contributed by atoms with Gasteiger partial charge >= 0.3 is 0 Å². The van der Waals surface area contributed by atoms with Gasteiger partial charge in [-0.3, -0.25) is 0 Å². The number of hydrogen-bond acceptors (Lipinski definition) is 1. The molecule has 128 valence electrons. The second-order valence-corrected chi connectivity index (χ2v) is 7.20. The predicted octanol–water partition coefficient (Wildman–Crippen LogP) is 6.71. The molecule has 0 aliphatic carbocycles. The van der Waals surface area contributed by atoms with Gasteiger partial charge in [0.2, 0.25) is 0 Å². The van der Waals surface area contributed by atoms with Crippen LogP contribution in [0.4, 0.5) is 0 Å². The van der Waals surface area contributed by atoms with Gasteiger partial charge in [0, 0.05) is 6.61 Å². The zero-order chi connectivity index (χ0) is 16.3. The molecule has 0 aromatic carbocycles. The summed E-state index contributed by atoms with van der Waals surface area (Å²) in [5.74, 6) is 3.34. The fourth-order valence-electron chi connectivity index (χ4n) is 3.54. The van der Waals surface area contributed by atoms with Crippen molar-refractivity contribution in [1.82, 2.24) is 0 Å². The van der Waals surface area contributed by atoms with Crippen molar-refractivity contribution in [3.63, 3.8) is 0 Å². The van der Waals surface area contributed by atoms with Gasteiger partial charge < -0.3 is 4.74 Å². The van der Waals surface area contributed by atoms with Crippen molar-refractivity contribution in [2.24, 2.45) is 23.7 Å². The average molecular weight is 299 g/mol. The lowest BCUT2D eigenvalue weighted by Crippen LogP contribution is -2.23. The van der Waals surface area contributed by atoms with Gasteiger partial charge in [0.25, 0.3) is 0 Å². The molecular weight excluding hydrogens is 256 g/mol. The molecule has 0 aliphatic heterocycles. The first kappa shape index (κ1) is 21.0. The fraction of sp³-hybridized carbons (Fsp3) is 1.00. The first-order chi connectivity index (χ1) is 9.99. The summed E-state index contributed by atoms with van der Waals surface area (Å²) in [7, 11) is 0. The van der Waals surface area contributed by atoms with Crippen LogP contribution in [0.25, 0.3) is 0 Å². The molecule has 0 spiro atoms. The largest absolute Gasteiger partial charge is 0.378 e. The van der Waals surface area contributed by atoms with Crippen LogP contribution < -0.4 is 0 Å². The Labute approximate surface area is 135 Å². The second-order valence-electron chi connectivity index (χ2n) is 7.20. The molecule has 0 bridgehead atoms. The van der Waals surface area contributed by atoms with E-state index in [0.29, 0.717) is 6.10 Å². The van der Waals surface area contributed by atoms with E-state index in [1.54, 1.807) is 0 Å². The third-order valence-electron chi connectivity index (χ3n) is 5.53. The van der Waals surface area contributed by atoms with Crippen molar-refractivity contribution in [2.45, 2.75) is 99.5 Å². The van der Waals surface area contributed by atoms with Gasteiger partial charge in [-0.15, -0.1) is 0 Å². The van der Waals surface area contributed by atoms with E-state index in [9.17, 15) is 0 Å². The maximum Gasteiger partial charge on any atom is 0.0602 e.